The van der Waals surface area contributed by atoms with Gasteiger partial charge in [0.05, 0.1) is 5.69 Å². The minimum atomic E-state index is -0.509. The van der Waals surface area contributed by atoms with E-state index < -0.39 is 23.2 Å². The largest absolute Gasteiger partial charge is 0.457 e. The van der Waals surface area contributed by atoms with E-state index in [9.17, 15) is 14.9 Å². The van der Waals surface area contributed by atoms with Crippen LogP contribution in [-0.2, 0) is 11.3 Å². The summed E-state index contributed by atoms with van der Waals surface area (Å²) in [5.41, 5.74) is 6.56. The Kier molecular flexibility index (Phi) is 7.59. The lowest BCUT2D eigenvalue weighted by Gasteiger charge is -2.23. The molecule has 0 spiro atoms. The minimum absolute atomic E-state index is 0.00848. The smallest absolute Gasteiger partial charge is 0.335 e. The molecule has 1 aliphatic rings. The summed E-state index contributed by atoms with van der Waals surface area (Å²) in [7, 11) is 0. The molecule has 0 radical (unpaired) electrons. The lowest BCUT2D eigenvalue weighted by Crippen LogP contribution is -2.42. The fraction of sp³-hybridized carbons (Fsp3) is 0.300. The fourth-order valence-electron chi connectivity index (χ4n) is 4.72. The second-order valence-electron chi connectivity index (χ2n) is 10.8. The van der Waals surface area contributed by atoms with E-state index in [0.717, 1.165) is 12.8 Å². The van der Waals surface area contributed by atoms with Gasteiger partial charge in [-0.2, -0.15) is 5.26 Å². The van der Waals surface area contributed by atoms with E-state index >= 15 is 0 Å². The summed E-state index contributed by atoms with van der Waals surface area (Å²) in [6, 6.07) is 18.3. The van der Waals surface area contributed by atoms with Gasteiger partial charge in [-0.05, 0) is 76.1 Å². The van der Waals surface area contributed by atoms with Gasteiger partial charge in [-0.15, -0.1) is 0 Å². The minimum Gasteiger partial charge on any atom is -0.457 e. The molecule has 1 fully saturated rings. The highest BCUT2D eigenvalue weighted by molar-refractivity contribution is 5.97. The quantitative estimate of drug-likeness (QED) is 0.200. The monoisotopic (exact) mass is 552 g/mol. The Morgan fingerprint density at radius 3 is 2.51 bits per heavy atom. The van der Waals surface area contributed by atoms with Crippen molar-refractivity contribution in [1.29, 1.82) is 5.26 Å². The van der Waals surface area contributed by atoms with Crippen LogP contribution in [-0.4, -0.2) is 42.6 Å². The number of aromatic nitrogens is 4. The van der Waals surface area contributed by atoms with Crippen molar-refractivity contribution in [3.05, 3.63) is 83.1 Å². The van der Waals surface area contributed by atoms with Gasteiger partial charge in [0.2, 0.25) is 0 Å². The number of para-hydroxylation sites is 1. The Hall–Kier alpha value is -4.95. The van der Waals surface area contributed by atoms with Gasteiger partial charge >= 0.3 is 5.69 Å². The van der Waals surface area contributed by atoms with Gasteiger partial charge in [-0.1, -0.05) is 18.2 Å². The van der Waals surface area contributed by atoms with Crippen molar-refractivity contribution >= 4 is 22.9 Å². The number of fused-ring (bicyclic) bond motifs is 1. The van der Waals surface area contributed by atoms with Crippen molar-refractivity contribution in [2.45, 2.75) is 57.8 Å². The van der Waals surface area contributed by atoms with Crippen LogP contribution in [0.4, 0.5) is 5.82 Å². The second-order valence-corrected chi connectivity index (χ2v) is 10.8. The van der Waals surface area contributed by atoms with Gasteiger partial charge in [0.15, 0.2) is 11.5 Å². The summed E-state index contributed by atoms with van der Waals surface area (Å²) in [6.45, 7) is 5.72. The molecule has 1 atom stereocenters. The molecule has 5 rings (SSSR count). The summed E-state index contributed by atoms with van der Waals surface area (Å²) in [5.74, 6) is 0.937. The standard InChI is InChI=1S/C30H32N8O3/c1-19(35-28(39)20(16-31)15-30(2,3)36-21-9-10-21)17-37-27-25(26(32)33-18-34-27)38(29(37)40)22-11-13-24(14-12-22)41-23-7-5-4-6-8-23/h4-8,11-15,18-19,21,36H,9-10,17H2,1-3H3,(H,35,39)(H2,32,33,34)/t19-/m0/s1. The molecule has 0 unspecified atom stereocenters. The number of imidazole rings is 1. The van der Waals surface area contributed by atoms with E-state index in [1.807, 2.05) is 50.2 Å². The molecule has 0 saturated heterocycles. The molecule has 1 saturated carbocycles. The van der Waals surface area contributed by atoms with Crippen LogP contribution in [0.5, 0.6) is 11.5 Å². The number of nitriles is 1. The Morgan fingerprint density at radius 2 is 1.85 bits per heavy atom. The van der Waals surface area contributed by atoms with Gasteiger partial charge < -0.3 is 21.1 Å². The van der Waals surface area contributed by atoms with Crippen molar-refractivity contribution in [2.75, 3.05) is 5.73 Å². The molecule has 2 aromatic heterocycles. The second kappa shape index (κ2) is 11.3. The molecule has 4 N–H and O–H groups in total. The predicted molar refractivity (Wildman–Crippen MR) is 156 cm³/mol. The van der Waals surface area contributed by atoms with E-state index in [-0.39, 0.29) is 17.9 Å². The normalized spacial score (nSPS) is 14.4. The molecular weight excluding hydrogens is 520 g/mol. The molecular formula is C30H32N8O3. The highest BCUT2D eigenvalue weighted by atomic mass is 16.5. The first kappa shape index (κ1) is 27.6. The summed E-state index contributed by atoms with van der Waals surface area (Å²) in [4.78, 5) is 35.1. The number of nitrogens with zero attached hydrogens (tertiary/aromatic N) is 5. The topological polar surface area (TPSA) is 153 Å². The Morgan fingerprint density at radius 1 is 1.17 bits per heavy atom. The first-order chi connectivity index (χ1) is 19.6. The van der Waals surface area contributed by atoms with E-state index in [1.165, 1.54) is 15.5 Å². The number of ether oxygens (including phenoxy) is 1. The van der Waals surface area contributed by atoms with E-state index in [2.05, 4.69) is 20.6 Å². The van der Waals surface area contributed by atoms with Crippen LogP contribution >= 0.6 is 0 Å². The Balaban J connectivity index is 1.39. The predicted octanol–water partition coefficient (Wildman–Crippen LogP) is 3.44. The highest BCUT2D eigenvalue weighted by Crippen LogP contribution is 2.25. The number of carbonyl (C=O) groups is 1. The van der Waals surface area contributed by atoms with Crippen LogP contribution < -0.4 is 26.8 Å². The van der Waals surface area contributed by atoms with Gasteiger partial charge in [-0.3, -0.25) is 13.9 Å². The molecule has 2 aromatic carbocycles. The van der Waals surface area contributed by atoms with Crippen molar-refractivity contribution in [3.63, 3.8) is 0 Å². The van der Waals surface area contributed by atoms with Crippen LogP contribution in [0.25, 0.3) is 16.9 Å². The van der Waals surface area contributed by atoms with Crippen LogP contribution in [0, 0.1) is 11.3 Å². The number of nitrogen functional groups attached to an aromatic ring is 1. The summed E-state index contributed by atoms with van der Waals surface area (Å²) >= 11 is 0. The molecule has 0 aliphatic heterocycles. The van der Waals surface area contributed by atoms with Crippen LogP contribution in [0.3, 0.4) is 0 Å². The summed E-state index contributed by atoms with van der Waals surface area (Å²) in [6.07, 6.45) is 5.11. The highest BCUT2D eigenvalue weighted by Gasteiger charge is 2.29. The van der Waals surface area contributed by atoms with Gasteiger partial charge in [0.1, 0.15) is 35.0 Å². The zero-order valence-corrected chi connectivity index (χ0v) is 23.2. The maximum atomic E-state index is 13.7. The van der Waals surface area contributed by atoms with Gasteiger partial charge in [0, 0.05) is 24.2 Å². The Bertz CT molecular complexity index is 1690. The molecule has 0 bridgehead atoms. The molecule has 41 heavy (non-hydrogen) atoms. The van der Waals surface area contributed by atoms with Gasteiger partial charge in [0.25, 0.3) is 5.91 Å². The number of carbonyl (C=O) groups excluding carboxylic acids is 1. The Labute approximate surface area is 237 Å². The molecule has 2 heterocycles. The fourth-order valence-corrected chi connectivity index (χ4v) is 4.72. The number of rotatable bonds is 10. The van der Waals surface area contributed by atoms with Crippen LogP contribution in [0.2, 0.25) is 0 Å². The third-order valence-electron chi connectivity index (χ3n) is 6.66. The van der Waals surface area contributed by atoms with E-state index in [4.69, 9.17) is 10.5 Å². The number of hydrogen-bond acceptors (Lipinski definition) is 8. The number of nitrogens with two attached hydrogens (primary N) is 1. The first-order valence-corrected chi connectivity index (χ1v) is 13.4. The number of benzene rings is 2. The van der Waals surface area contributed by atoms with Crippen molar-refractivity contribution < 1.29 is 9.53 Å². The molecule has 1 aliphatic carbocycles. The van der Waals surface area contributed by atoms with Crippen LogP contribution in [0.1, 0.15) is 33.6 Å². The first-order valence-electron chi connectivity index (χ1n) is 13.4. The zero-order chi connectivity index (χ0) is 29.1. The number of nitrogens with one attached hydrogen (secondary N) is 2. The van der Waals surface area contributed by atoms with Crippen molar-refractivity contribution in [3.8, 4) is 23.3 Å². The average molecular weight is 553 g/mol. The molecule has 4 aromatic rings. The number of anilines is 1. The van der Waals surface area contributed by atoms with Crippen molar-refractivity contribution in [1.82, 2.24) is 29.7 Å². The third kappa shape index (κ3) is 6.28. The van der Waals surface area contributed by atoms with Crippen LogP contribution in [0.15, 0.2) is 77.4 Å². The maximum Gasteiger partial charge on any atom is 0.335 e. The molecule has 11 heteroatoms. The average Bonchev–Trinajstić information content (AvgIpc) is 3.71. The number of hydrogen-bond donors (Lipinski definition) is 3. The number of amides is 1. The summed E-state index contributed by atoms with van der Waals surface area (Å²) < 4.78 is 8.76. The third-order valence-corrected chi connectivity index (χ3v) is 6.66. The van der Waals surface area contributed by atoms with E-state index in [0.29, 0.717) is 34.4 Å². The molecule has 11 nitrogen and oxygen atoms in total. The SMILES string of the molecule is C[C@@H](Cn1c(=O)n(-c2ccc(Oc3ccccc3)cc2)c2c(N)ncnc21)NC(=O)C(C#N)=CC(C)(C)NC1CC1. The lowest BCUT2D eigenvalue weighted by molar-refractivity contribution is -0.117. The summed E-state index contributed by atoms with van der Waals surface area (Å²) in [5, 5.41) is 15.9. The van der Waals surface area contributed by atoms with Crippen molar-refractivity contribution in [2.24, 2.45) is 0 Å². The van der Waals surface area contributed by atoms with E-state index in [1.54, 1.807) is 37.3 Å². The maximum absolute atomic E-state index is 13.7. The molecule has 210 valence electrons. The molecule has 1 amide bonds. The van der Waals surface area contributed by atoms with Gasteiger partial charge in [-0.25, -0.2) is 14.8 Å². The zero-order valence-electron chi connectivity index (χ0n) is 23.2. The lowest BCUT2D eigenvalue weighted by atomic mass is 10.0.